The molecule has 0 radical (unpaired) electrons. The SMILES string of the molecule is C.C.C.C.CCC(=O)NCNC(=O)CCOCOC(C)=O. The smallest absolute Gasteiger partial charge is 0.304 e. The molecule has 0 heterocycles. The molecule has 130 valence electrons. The van der Waals surface area contributed by atoms with Gasteiger partial charge in [0.2, 0.25) is 11.8 Å². The van der Waals surface area contributed by atoms with Crippen molar-refractivity contribution in [3.63, 3.8) is 0 Å². The standard InChI is InChI=1S/C10H18N2O5.4CH4/c1-3-9(14)11-6-12-10(15)4-5-16-7-17-8(2)13;;;;/h3-7H2,1-2H3,(H,11,14)(H,12,15);4*1H4. The van der Waals surface area contributed by atoms with E-state index in [4.69, 9.17) is 4.74 Å². The van der Waals surface area contributed by atoms with Gasteiger partial charge in [-0.2, -0.15) is 0 Å². The molecule has 0 atom stereocenters. The van der Waals surface area contributed by atoms with Crippen molar-refractivity contribution in [1.82, 2.24) is 10.6 Å². The summed E-state index contributed by atoms with van der Waals surface area (Å²) in [6.07, 6.45) is 0.518. The number of hydrogen-bond donors (Lipinski definition) is 2. The first-order chi connectivity index (χ1) is 8.06. The van der Waals surface area contributed by atoms with Crippen LogP contribution in [0.25, 0.3) is 0 Å². The quantitative estimate of drug-likeness (QED) is 0.406. The van der Waals surface area contributed by atoms with E-state index in [9.17, 15) is 14.4 Å². The summed E-state index contributed by atoms with van der Waals surface area (Å²) in [5, 5.41) is 4.99. The highest BCUT2D eigenvalue weighted by Crippen LogP contribution is 1.85. The van der Waals surface area contributed by atoms with Crippen LogP contribution in [0.3, 0.4) is 0 Å². The fraction of sp³-hybridized carbons (Fsp3) is 0.786. The number of rotatable bonds is 8. The zero-order valence-corrected chi connectivity index (χ0v) is 10.1. The third-order valence-corrected chi connectivity index (χ3v) is 1.71. The molecule has 2 amide bonds. The van der Waals surface area contributed by atoms with Crippen LogP contribution in [0.15, 0.2) is 0 Å². The summed E-state index contributed by atoms with van der Waals surface area (Å²) in [5.41, 5.74) is 0. The molecule has 0 rings (SSSR count). The fourth-order valence-electron chi connectivity index (χ4n) is 0.803. The van der Waals surface area contributed by atoms with E-state index in [-0.39, 0.29) is 68.0 Å². The van der Waals surface area contributed by atoms with Crippen molar-refractivity contribution < 1.29 is 23.9 Å². The van der Waals surface area contributed by atoms with E-state index in [2.05, 4.69) is 15.4 Å². The molecule has 0 aliphatic heterocycles. The summed E-state index contributed by atoms with van der Waals surface area (Å²) in [6, 6.07) is 0. The molecular formula is C14H34N2O5. The van der Waals surface area contributed by atoms with E-state index in [0.29, 0.717) is 6.42 Å². The summed E-state index contributed by atoms with van der Waals surface area (Å²) in [6.45, 7) is 3.10. The van der Waals surface area contributed by atoms with E-state index in [1.54, 1.807) is 6.92 Å². The predicted octanol–water partition coefficient (Wildman–Crippen LogP) is 2.06. The molecule has 0 aromatic heterocycles. The molecule has 0 aromatic rings. The summed E-state index contributed by atoms with van der Waals surface area (Å²) in [4.78, 5) is 32.3. The Morgan fingerprint density at radius 3 is 1.95 bits per heavy atom. The Morgan fingerprint density at radius 2 is 1.48 bits per heavy atom. The third-order valence-electron chi connectivity index (χ3n) is 1.71. The number of nitrogens with one attached hydrogen (secondary N) is 2. The van der Waals surface area contributed by atoms with Crippen molar-refractivity contribution >= 4 is 17.8 Å². The van der Waals surface area contributed by atoms with Gasteiger partial charge >= 0.3 is 5.97 Å². The van der Waals surface area contributed by atoms with Crippen molar-refractivity contribution in [1.29, 1.82) is 0 Å². The molecule has 2 N–H and O–H groups in total. The first-order valence-corrected chi connectivity index (χ1v) is 5.30. The highest BCUT2D eigenvalue weighted by Gasteiger charge is 2.01. The van der Waals surface area contributed by atoms with Crippen molar-refractivity contribution in [3.05, 3.63) is 0 Å². The highest BCUT2D eigenvalue weighted by atomic mass is 16.7. The molecule has 0 saturated carbocycles. The van der Waals surface area contributed by atoms with Crippen LogP contribution in [0.4, 0.5) is 0 Å². The maximum absolute atomic E-state index is 11.2. The minimum absolute atomic E-state index is 0. The Hall–Kier alpha value is -1.63. The Morgan fingerprint density at radius 1 is 0.952 bits per heavy atom. The second kappa shape index (κ2) is 20.7. The minimum atomic E-state index is -0.434. The molecule has 0 fully saturated rings. The van der Waals surface area contributed by atoms with Gasteiger partial charge in [-0.3, -0.25) is 14.4 Å². The van der Waals surface area contributed by atoms with E-state index in [0.717, 1.165) is 0 Å². The number of amides is 2. The van der Waals surface area contributed by atoms with Gasteiger partial charge in [0.15, 0.2) is 6.79 Å². The summed E-state index contributed by atoms with van der Waals surface area (Å²) >= 11 is 0. The largest absolute Gasteiger partial charge is 0.439 e. The van der Waals surface area contributed by atoms with Gasteiger partial charge in [0.1, 0.15) is 0 Å². The highest BCUT2D eigenvalue weighted by molar-refractivity contribution is 5.78. The summed E-state index contributed by atoms with van der Waals surface area (Å²) in [5.74, 6) is -0.808. The second-order valence-electron chi connectivity index (χ2n) is 3.14. The van der Waals surface area contributed by atoms with Crippen LogP contribution in [-0.4, -0.2) is 37.9 Å². The third kappa shape index (κ3) is 23.8. The lowest BCUT2D eigenvalue weighted by atomic mass is 10.4. The predicted molar refractivity (Wildman–Crippen MR) is 85.6 cm³/mol. The van der Waals surface area contributed by atoms with E-state index in [1.807, 2.05) is 0 Å². The molecule has 21 heavy (non-hydrogen) atoms. The lowest BCUT2D eigenvalue weighted by molar-refractivity contribution is -0.153. The van der Waals surface area contributed by atoms with Gasteiger partial charge in [0.05, 0.1) is 19.7 Å². The average Bonchev–Trinajstić information content (AvgIpc) is 2.27. The monoisotopic (exact) mass is 310 g/mol. The molecule has 0 aromatic carbocycles. The van der Waals surface area contributed by atoms with Crippen LogP contribution in [0, 0.1) is 0 Å². The molecule has 0 unspecified atom stereocenters. The molecule has 0 aliphatic carbocycles. The molecule has 0 aliphatic rings. The maximum atomic E-state index is 11.2. The van der Waals surface area contributed by atoms with Gasteiger partial charge in [-0.05, 0) is 0 Å². The summed E-state index contributed by atoms with van der Waals surface area (Å²) < 4.78 is 9.37. The van der Waals surface area contributed by atoms with Gasteiger partial charge in [-0.1, -0.05) is 36.6 Å². The minimum Gasteiger partial charge on any atom is -0.439 e. The number of ether oxygens (including phenoxy) is 2. The number of esters is 1. The van der Waals surface area contributed by atoms with E-state index >= 15 is 0 Å². The summed E-state index contributed by atoms with van der Waals surface area (Å²) in [7, 11) is 0. The number of hydrogen-bond acceptors (Lipinski definition) is 5. The molecule has 0 spiro atoms. The van der Waals surface area contributed by atoms with Crippen LogP contribution in [0.2, 0.25) is 0 Å². The van der Waals surface area contributed by atoms with Gasteiger partial charge in [-0.15, -0.1) is 0 Å². The maximum Gasteiger partial charge on any atom is 0.304 e. The molecule has 0 bridgehead atoms. The number of carbonyl (C=O) groups is 3. The van der Waals surface area contributed by atoms with Crippen molar-refractivity contribution in [3.8, 4) is 0 Å². The topological polar surface area (TPSA) is 93.7 Å². The van der Waals surface area contributed by atoms with Crippen molar-refractivity contribution in [2.75, 3.05) is 20.1 Å². The van der Waals surface area contributed by atoms with Gasteiger partial charge in [0, 0.05) is 13.3 Å². The lowest BCUT2D eigenvalue weighted by Gasteiger charge is -2.07. The first kappa shape index (κ1) is 31.7. The fourth-order valence-corrected chi connectivity index (χ4v) is 0.803. The van der Waals surface area contributed by atoms with Crippen LogP contribution in [0.1, 0.15) is 56.4 Å². The van der Waals surface area contributed by atoms with Gasteiger partial charge in [0.25, 0.3) is 0 Å². The molecule has 7 heteroatoms. The van der Waals surface area contributed by atoms with Crippen molar-refractivity contribution in [2.45, 2.75) is 56.4 Å². The Bertz CT molecular complexity index is 270. The van der Waals surface area contributed by atoms with Crippen LogP contribution < -0.4 is 10.6 Å². The van der Waals surface area contributed by atoms with Crippen LogP contribution in [0.5, 0.6) is 0 Å². The van der Waals surface area contributed by atoms with Gasteiger partial charge < -0.3 is 20.1 Å². The van der Waals surface area contributed by atoms with E-state index in [1.165, 1.54) is 6.92 Å². The normalized spacial score (nSPS) is 7.71. The Kier molecular flexibility index (Phi) is 31.2. The molecule has 7 nitrogen and oxygen atoms in total. The molecule has 0 saturated heterocycles. The Balaban J connectivity index is -0.000000213. The first-order valence-electron chi connectivity index (χ1n) is 5.30. The zero-order valence-electron chi connectivity index (χ0n) is 10.1. The van der Waals surface area contributed by atoms with Gasteiger partial charge in [-0.25, -0.2) is 0 Å². The number of carbonyl (C=O) groups excluding carboxylic acids is 3. The molecular weight excluding hydrogens is 276 g/mol. The average molecular weight is 310 g/mol. The van der Waals surface area contributed by atoms with E-state index < -0.39 is 5.97 Å². The van der Waals surface area contributed by atoms with Crippen LogP contribution in [-0.2, 0) is 23.9 Å². The zero-order chi connectivity index (χ0) is 13.1. The second-order valence-corrected chi connectivity index (χ2v) is 3.14. The Labute approximate surface area is 129 Å². The lowest BCUT2D eigenvalue weighted by Crippen LogP contribution is -2.37. The van der Waals surface area contributed by atoms with Crippen LogP contribution >= 0.6 is 0 Å². The van der Waals surface area contributed by atoms with Crippen molar-refractivity contribution in [2.24, 2.45) is 0 Å².